The fraction of sp³-hybridized carbons (Fsp3) is 0.606. The highest BCUT2D eigenvalue weighted by atomic mass is 16.3. The molecule has 1 aromatic rings. The van der Waals surface area contributed by atoms with Crippen LogP contribution in [0.25, 0.3) is 5.76 Å². The molecule has 0 aliphatic heterocycles. The highest BCUT2D eigenvalue weighted by Gasteiger charge is 2.64. The largest absolute Gasteiger partial charge is 0.508 e. The molecule has 0 spiro atoms. The standard InChI is InChI=1S/C33H48N4O7/c1-31(2,3)14-35-12-17-9-18(13-36-15-32(4,5)6)25(38)22-19(17)10-16-11-20-24(37(7)8)27(40)23(30(34)43)29(42)33(20,44)28(41)21(16)26(22)39/h9,16,20,24,35-36,38-39,42,44H,10-15H2,1-8H3,(H2,34,43)/t16-,20-,24?,33-/m0/s1. The molecule has 3 aliphatic carbocycles. The van der Waals surface area contributed by atoms with Gasteiger partial charge in [-0.3, -0.25) is 19.3 Å². The first-order valence-electron chi connectivity index (χ1n) is 15.1. The minimum atomic E-state index is -2.66. The van der Waals surface area contributed by atoms with Gasteiger partial charge in [-0.15, -0.1) is 0 Å². The molecule has 11 nitrogen and oxygen atoms in total. The number of aliphatic hydroxyl groups excluding tert-OH is 2. The number of fused-ring (bicyclic) bond motifs is 3. The number of Topliss-reactive ketones (excluding diaryl/α,β-unsaturated/α-hetero) is 2. The molecule has 0 aromatic heterocycles. The molecule has 0 heterocycles. The second-order valence-electron chi connectivity index (χ2n) is 15.2. The summed E-state index contributed by atoms with van der Waals surface area (Å²) < 4.78 is 0. The number of ketones is 2. The predicted molar refractivity (Wildman–Crippen MR) is 167 cm³/mol. The maximum atomic E-state index is 14.2. The molecule has 1 saturated carbocycles. The lowest BCUT2D eigenvalue weighted by Crippen LogP contribution is -2.65. The average molecular weight is 613 g/mol. The lowest BCUT2D eigenvalue weighted by molar-refractivity contribution is -0.153. The Morgan fingerprint density at radius 3 is 2.05 bits per heavy atom. The molecule has 4 atom stereocenters. The smallest absolute Gasteiger partial charge is 0.255 e. The fourth-order valence-electron chi connectivity index (χ4n) is 6.89. The number of carbonyl (C=O) groups is 3. The van der Waals surface area contributed by atoms with E-state index in [9.17, 15) is 34.8 Å². The number of aliphatic hydroxyl groups is 3. The van der Waals surface area contributed by atoms with Gasteiger partial charge >= 0.3 is 0 Å². The summed E-state index contributed by atoms with van der Waals surface area (Å²) in [5.74, 6) is -6.52. The highest BCUT2D eigenvalue weighted by Crippen LogP contribution is 2.53. The molecule has 3 aliphatic rings. The van der Waals surface area contributed by atoms with E-state index in [4.69, 9.17) is 5.73 Å². The highest BCUT2D eigenvalue weighted by molar-refractivity contribution is 6.24. The van der Waals surface area contributed by atoms with Crippen molar-refractivity contribution >= 4 is 23.2 Å². The van der Waals surface area contributed by atoms with Gasteiger partial charge in [0.1, 0.15) is 22.8 Å². The van der Waals surface area contributed by atoms with E-state index in [1.807, 2.05) is 6.07 Å². The van der Waals surface area contributed by atoms with Crippen LogP contribution in [0.5, 0.6) is 5.75 Å². The number of amides is 1. The van der Waals surface area contributed by atoms with Crippen molar-refractivity contribution in [3.05, 3.63) is 45.2 Å². The van der Waals surface area contributed by atoms with Crippen LogP contribution in [0.1, 0.15) is 70.2 Å². The molecular formula is C33H48N4O7. The molecule has 1 aromatic carbocycles. The van der Waals surface area contributed by atoms with E-state index in [1.54, 1.807) is 14.1 Å². The van der Waals surface area contributed by atoms with Gasteiger partial charge in [0.05, 0.1) is 11.6 Å². The normalized spacial score (nSPS) is 25.7. The minimum absolute atomic E-state index is 0.0101. The molecule has 0 saturated heterocycles. The molecule has 1 amide bonds. The third-order valence-corrected chi connectivity index (χ3v) is 8.83. The molecule has 242 valence electrons. The van der Waals surface area contributed by atoms with Gasteiger partial charge < -0.3 is 36.8 Å². The minimum Gasteiger partial charge on any atom is -0.508 e. The molecule has 11 heteroatoms. The number of nitrogens with one attached hydrogen (secondary N) is 2. The predicted octanol–water partition coefficient (Wildman–Crippen LogP) is 2.24. The zero-order chi connectivity index (χ0) is 33.1. The van der Waals surface area contributed by atoms with Crippen LogP contribution in [0.2, 0.25) is 0 Å². The molecule has 0 bridgehead atoms. The van der Waals surface area contributed by atoms with E-state index < -0.39 is 58.0 Å². The molecule has 44 heavy (non-hydrogen) atoms. The fourth-order valence-corrected chi connectivity index (χ4v) is 6.89. The van der Waals surface area contributed by atoms with Gasteiger partial charge in [-0.2, -0.15) is 0 Å². The molecule has 0 radical (unpaired) electrons. The number of primary amides is 1. The van der Waals surface area contributed by atoms with Gasteiger partial charge in [-0.05, 0) is 60.9 Å². The van der Waals surface area contributed by atoms with Gasteiger partial charge in [0.15, 0.2) is 11.4 Å². The van der Waals surface area contributed by atoms with Crippen LogP contribution in [0.4, 0.5) is 0 Å². The van der Waals surface area contributed by atoms with Crippen molar-refractivity contribution in [2.75, 3.05) is 27.2 Å². The third-order valence-electron chi connectivity index (χ3n) is 8.83. The SMILES string of the molecule is CN(C)C1C(=O)C(C(N)=O)=C(O)[C@@]2(O)C(=O)C3=C(O)c4c(O)c(CNCC(C)(C)C)cc(CNCC(C)(C)C)c4C[C@H]3C[C@@H]12. The summed E-state index contributed by atoms with van der Waals surface area (Å²) in [4.78, 5) is 41.2. The van der Waals surface area contributed by atoms with E-state index in [0.29, 0.717) is 37.3 Å². The van der Waals surface area contributed by atoms with Crippen molar-refractivity contribution in [2.24, 2.45) is 28.4 Å². The lowest BCUT2D eigenvalue weighted by Gasteiger charge is -2.50. The van der Waals surface area contributed by atoms with E-state index in [2.05, 4.69) is 52.2 Å². The summed E-state index contributed by atoms with van der Waals surface area (Å²) in [6.45, 7) is 14.8. The van der Waals surface area contributed by atoms with Crippen molar-refractivity contribution in [2.45, 2.75) is 79.1 Å². The number of rotatable bonds is 8. The van der Waals surface area contributed by atoms with Gasteiger partial charge in [-0.1, -0.05) is 41.5 Å². The van der Waals surface area contributed by atoms with E-state index in [-0.39, 0.29) is 40.6 Å². The Morgan fingerprint density at radius 2 is 1.55 bits per heavy atom. The summed E-state index contributed by atoms with van der Waals surface area (Å²) in [5, 5.41) is 53.0. The van der Waals surface area contributed by atoms with Crippen molar-refractivity contribution in [3.63, 3.8) is 0 Å². The third kappa shape index (κ3) is 5.90. The van der Waals surface area contributed by atoms with Crippen molar-refractivity contribution in [1.29, 1.82) is 0 Å². The van der Waals surface area contributed by atoms with E-state index >= 15 is 0 Å². The first kappa shape index (κ1) is 33.6. The molecule has 4 rings (SSSR count). The van der Waals surface area contributed by atoms with Gasteiger partial charge in [0.2, 0.25) is 5.78 Å². The Hall–Kier alpha value is -3.25. The van der Waals surface area contributed by atoms with Crippen molar-refractivity contribution < 1.29 is 34.8 Å². The Bertz CT molecular complexity index is 1450. The van der Waals surface area contributed by atoms with Gasteiger partial charge in [0.25, 0.3) is 5.91 Å². The number of phenolic OH excluding ortho intramolecular Hbond substituents is 1. The number of phenols is 1. The zero-order valence-corrected chi connectivity index (χ0v) is 27.1. The first-order chi connectivity index (χ1) is 20.2. The number of nitrogens with zero attached hydrogens (tertiary/aromatic N) is 1. The molecule has 8 N–H and O–H groups in total. The van der Waals surface area contributed by atoms with Gasteiger partial charge in [0, 0.05) is 43.2 Å². The number of likely N-dealkylation sites (N-methyl/N-ethyl adjacent to an activating group) is 1. The monoisotopic (exact) mass is 612 g/mol. The Labute approximate surface area is 259 Å². The number of benzene rings is 1. The topological polar surface area (TPSA) is 185 Å². The molecule has 1 fully saturated rings. The van der Waals surface area contributed by atoms with E-state index in [1.165, 1.54) is 4.90 Å². The zero-order valence-electron chi connectivity index (χ0n) is 27.1. The molecular weight excluding hydrogens is 564 g/mol. The number of hydrogen-bond acceptors (Lipinski definition) is 10. The van der Waals surface area contributed by atoms with E-state index in [0.717, 1.165) is 5.56 Å². The van der Waals surface area contributed by atoms with Crippen LogP contribution in [-0.2, 0) is 33.9 Å². The number of aromatic hydroxyl groups is 1. The van der Waals surface area contributed by atoms with Crippen molar-refractivity contribution in [3.8, 4) is 5.75 Å². The van der Waals surface area contributed by atoms with Crippen LogP contribution in [0.3, 0.4) is 0 Å². The maximum absolute atomic E-state index is 14.2. The summed E-state index contributed by atoms with van der Waals surface area (Å²) in [6, 6.07) is 0.796. The average Bonchev–Trinajstić information content (AvgIpc) is 2.86. The Kier molecular flexibility index (Phi) is 8.86. The van der Waals surface area contributed by atoms with Crippen LogP contribution in [-0.4, -0.2) is 81.6 Å². The van der Waals surface area contributed by atoms with Crippen LogP contribution in [0.15, 0.2) is 23.0 Å². The Morgan fingerprint density at radius 1 is 1.00 bits per heavy atom. The van der Waals surface area contributed by atoms with Crippen LogP contribution >= 0.6 is 0 Å². The Balaban J connectivity index is 1.88. The quantitative estimate of drug-likeness (QED) is 0.215. The summed E-state index contributed by atoms with van der Waals surface area (Å²) >= 11 is 0. The second-order valence-corrected chi connectivity index (χ2v) is 15.2. The van der Waals surface area contributed by atoms with Gasteiger partial charge in [-0.25, -0.2) is 0 Å². The van der Waals surface area contributed by atoms with Crippen LogP contribution < -0.4 is 16.4 Å². The lowest BCUT2D eigenvalue weighted by atomic mass is 9.57. The first-order valence-corrected chi connectivity index (χ1v) is 15.1. The maximum Gasteiger partial charge on any atom is 0.255 e. The molecule has 1 unspecified atom stereocenters. The summed E-state index contributed by atoms with van der Waals surface area (Å²) in [7, 11) is 3.17. The summed E-state index contributed by atoms with van der Waals surface area (Å²) in [6.07, 6.45) is 0.306. The van der Waals surface area contributed by atoms with Crippen molar-refractivity contribution in [1.82, 2.24) is 15.5 Å². The number of carbonyl (C=O) groups excluding carboxylic acids is 3. The van der Waals surface area contributed by atoms with Crippen LogP contribution in [0, 0.1) is 22.7 Å². The second kappa shape index (κ2) is 11.6. The number of nitrogens with two attached hydrogens (primary N) is 1. The number of hydrogen-bond donors (Lipinski definition) is 7. The summed E-state index contributed by atoms with van der Waals surface area (Å²) in [5.41, 5.74) is 3.97.